The Labute approximate surface area is 108 Å². The molecule has 0 amide bonds. The first-order valence-corrected chi connectivity index (χ1v) is 6.38. The van der Waals surface area contributed by atoms with Crippen LogP contribution in [-0.4, -0.2) is 26.8 Å². The van der Waals surface area contributed by atoms with Crippen molar-refractivity contribution in [2.45, 2.75) is 25.6 Å². The average molecular weight is 310 g/mol. The number of aliphatic hydroxyl groups is 2. The molecule has 0 saturated carbocycles. The van der Waals surface area contributed by atoms with Gasteiger partial charge in [0.25, 0.3) is 0 Å². The van der Waals surface area contributed by atoms with Crippen LogP contribution in [0.15, 0.2) is 12.1 Å². The van der Waals surface area contributed by atoms with Crippen molar-refractivity contribution in [1.82, 2.24) is 0 Å². The summed E-state index contributed by atoms with van der Waals surface area (Å²) in [6.07, 6.45) is -1.40. The Hall–Kier alpha value is -0.290. The highest BCUT2D eigenvalue weighted by atomic mass is 79.9. The molecule has 0 aliphatic carbocycles. The molecular weight excluding hydrogens is 295 g/mol. The Bertz CT molecular complexity index is 347. The molecule has 3 nitrogen and oxygen atoms in total. The maximum atomic E-state index is 9.85. The van der Waals surface area contributed by atoms with E-state index in [0.717, 1.165) is 0 Å². The van der Waals surface area contributed by atoms with E-state index in [1.165, 1.54) is 6.07 Å². The third kappa shape index (κ3) is 3.10. The lowest BCUT2D eigenvalue weighted by atomic mass is 10.0. The third-order valence-corrected chi connectivity index (χ3v) is 3.13. The molecule has 0 saturated heterocycles. The van der Waals surface area contributed by atoms with Crippen LogP contribution in [0.3, 0.4) is 0 Å². The lowest BCUT2D eigenvalue weighted by molar-refractivity contribution is 0.0173. The van der Waals surface area contributed by atoms with Gasteiger partial charge in [-0.15, -0.1) is 0 Å². The summed E-state index contributed by atoms with van der Waals surface area (Å²) in [6, 6.07) is 3.08. The largest absolute Gasteiger partial charge is 0.506 e. The Morgan fingerprint density at radius 2 is 2.00 bits per heavy atom. The fraction of sp³-hybridized carbons (Fsp3) is 0.455. The third-order valence-electron chi connectivity index (χ3n) is 2.39. The monoisotopic (exact) mass is 308 g/mol. The van der Waals surface area contributed by atoms with Gasteiger partial charge in [-0.1, -0.05) is 27.5 Å². The standard InChI is InChI=1S/C11H14BrClO3/c1-6-4-7(5-8(13)10(6)15)11(16)9(14)2-3-12/h4-5,9,11,14-16H,2-3H2,1H3. The van der Waals surface area contributed by atoms with Crippen LogP contribution < -0.4 is 0 Å². The second-order valence-electron chi connectivity index (χ2n) is 3.66. The van der Waals surface area contributed by atoms with Crippen molar-refractivity contribution in [3.8, 4) is 5.75 Å². The van der Waals surface area contributed by atoms with Gasteiger partial charge in [0.2, 0.25) is 0 Å². The molecule has 0 fully saturated rings. The van der Waals surface area contributed by atoms with Gasteiger partial charge >= 0.3 is 0 Å². The van der Waals surface area contributed by atoms with E-state index >= 15 is 0 Å². The zero-order valence-corrected chi connectivity index (χ0v) is 11.2. The van der Waals surface area contributed by atoms with E-state index in [1.807, 2.05) is 0 Å². The lowest BCUT2D eigenvalue weighted by Crippen LogP contribution is -2.18. The van der Waals surface area contributed by atoms with Gasteiger partial charge in [-0.3, -0.25) is 0 Å². The molecule has 16 heavy (non-hydrogen) atoms. The summed E-state index contributed by atoms with van der Waals surface area (Å²) in [4.78, 5) is 0. The number of benzene rings is 1. The van der Waals surface area contributed by atoms with Crippen LogP contribution in [-0.2, 0) is 0 Å². The second-order valence-corrected chi connectivity index (χ2v) is 4.86. The molecule has 2 atom stereocenters. The molecule has 2 unspecified atom stereocenters. The van der Waals surface area contributed by atoms with Crippen molar-refractivity contribution in [2.75, 3.05) is 5.33 Å². The zero-order valence-electron chi connectivity index (χ0n) is 8.82. The Morgan fingerprint density at radius 1 is 1.38 bits per heavy atom. The maximum Gasteiger partial charge on any atom is 0.137 e. The number of alkyl halides is 1. The van der Waals surface area contributed by atoms with Crippen molar-refractivity contribution in [1.29, 1.82) is 0 Å². The molecule has 0 aliphatic rings. The normalized spacial score (nSPS) is 14.8. The summed E-state index contributed by atoms with van der Waals surface area (Å²) < 4.78 is 0. The molecular formula is C11H14BrClO3. The van der Waals surface area contributed by atoms with Crippen LogP contribution in [0.2, 0.25) is 5.02 Å². The van der Waals surface area contributed by atoms with Gasteiger partial charge in [0, 0.05) is 5.33 Å². The van der Waals surface area contributed by atoms with Gasteiger partial charge in [-0.2, -0.15) is 0 Å². The molecule has 0 aromatic heterocycles. The molecule has 3 N–H and O–H groups in total. The topological polar surface area (TPSA) is 60.7 Å². The molecule has 1 rings (SSSR count). The van der Waals surface area contributed by atoms with Gasteiger partial charge in [-0.25, -0.2) is 0 Å². The first kappa shape index (κ1) is 13.8. The van der Waals surface area contributed by atoms with E-state index in [2.05, 4.69) is 15.9 Å². The van der Waals surface area contributed by atoms with Gasteiger partial charge in [-0.05, 0) is 36.6 Å². The molecule has 90 valence electrons. The minimum absolute atomic E-state index is 0.00704. The summed E-state index contributed by atoms with van der Waals surface area (Å²) in [5.41, 5.74) is 1.08. The quantitative estimate of drug-likeness (QED) is 0.749. The van der Waals surface area contributed by atoms with Gasteiger partial charge in [0.15, 0.2) is 0 Å². The van der Waals surface area contributed by atoms with Crippen LogP contribution >= 0.6 is 27.5 Å². The Kier molecular flexibility index (Phi) is 5.05. The number of hydrogen-bond donors (Lipinski definition) is 3. The number of aryl methyl sites for hydroxylation is 1. The van der Waals surface area contributed by atoms with Crippen LogP contribution in [0.5, 0.6) is 5.75 Å². The predicted octanol–water partition coefficient (Wildman–Crippen LogP) is 2.53. The van der Waals surface area contributed by atoms with Crippen molar-refractivity contribution in [2.24, 2.45) is 0 Å². The number of aromatic hydroxyl groups is 1. The molecule has 0 bridgehead atoms. The van der Waals surface area contributed by atoms with Crippen LogP contribution in [0.25, 0.3) is 0 Å². The van der Waals surface area contributed by atoms with Crippen LogP contribution in [0.1, 0.15) is 23.7 Å². The number of rotatable bonds is 4. The van der Waals surface area contributed by atoms with Crippen molar-refractivity contribution in [3.05, 3.63) is 28.3 Å². The van der Waals surface area contributed by atoms with Gasteiger partial charge in [0.05, 0.1) is 11.1 Å². The summed E-state index contributed by atoms with van der Waals surface area (Å²) in [5.74, 6) is 0.00704. The molecule has 0 spiro atoms. The molecule has 1 aromatic rings. The Morgan fingerprint density at radius 3 is 2.50 bits per heavy atom. The first-order chi connectivity index (χ1) is 7.47. The second kappa shape index (κ2) is 5.87. The van der Waals surface area contributed by atoms with Crippen molar-refractivity contribution < 1.29 is 15.3 Å². The van der Waals surface area contributed by atoms with E-state index < -0.39 is 12.2 Å². The van der Waals surface area contributed by atoms with E-state index in [1.54, 1.807) is 13.0 Å². The average Bonchev–Trinajstić information content (AvgIpc) is 2.24. The minimum atomic E-state index is -0.991. The number of phenolic OH excluding ortho intramolecular Hbond substituents is 1. The minimum Gasteiger partial charge on any atom is -0.506 e. The zero-order chi connectivity index (χ0) is 12.3. The van der Waals surface area contributed by atoms with E-state index in [-0.39, 0.29) is 10.8 Å². The fourth-order valence-electron chi connectivity index (χ4n) is 1.43. The summed E-state index contributed by atoms with van der Waals surface area (Å²) in [6.45, 7) is 1.69. The molecule has 5 heteroatoms. The number of aliphatic hydroxyl groups excluding tert-OH is 2. The van der Waals surface area contributed by atoms with Gasteiger partial charge < -0.3 is 15.3 Å². The number of halogens is 2. The van der Waals surface area contributed by atoms with Crippen LogP contribution in [0, 0.1) is 6.92 Å². The molecule has 0 radical (unpaired) electrons. The predicted molar refractivity (Wildman–Crippen MR) is 67.2 cm³/mol. The summed E-state index contributed by atoms with van der Waals surface area (Å²) >= 11 is 8.99. The van der Waals surface area contributed by atoms with E-state index in [9.17, 15) is 15.3 Å². The van der Waals surface area contributed by atoms with Crippen LogP contribution in [0.4, 0.5) is 0 Å². The fourth-order valence-corrected chi connectivity index (χ4v) is 2.17. The Balaban J connectivity index is 2.96. The van der Waals surface area contributed by atoms with Crippen molar-refractivity contribution in [3.63, 3.8) is 0 Å². The van der Waals surface area contributed by atoms with Crippen molar-refractivity contribution >= 4 is 27.5 Å². The highest BCUT2D eigenvalue weighted by Crippen LogP contribution is 2.32. The molecule has 1 aromatic carbocycles. The maximum absolute atomic E-state index is 9.85. The lowest BCUT2D eigenvalue weighted by Gasteiger charge is -2.18. The highest BCUT2D eigenvalue weighted by Gasteiger charge is 2.19. The van der Waals surface area contributed by atoms with Gasteiger partial charge in [0.1, 0.15) is 11.9 Å². The smallest absolute Gasteiger partial charge is 0.137 e. The highest BCUT2D eigenvalue weighted by molar-refractivity contribution is 9.09. The summed E-state index contributed by atoms with van der Waals surface area (Å²) in [7, 11) is 0. The summed E-state index contributed by atoms with van der Waals surface area (Å²) in [5, 5.41) is 29.7. The number of phenols is 1. The molecule has 0 aliphatic heterocycles. The molecule has 0 heterocycles. The van der Waals surface area contributed by atoms with E-state index in [0.29, 0.717) is 22.9 Å². The van der Waals surface area contributed by atoms with E-state index in [4.69, 9.17) is 11.6 Å². The SMILES string of the molecule is Cc1cc(C(O)C(O)CCBr)cc(Cl)c1O. The first-order valence-electron chi connectivity index (χ1n) is 4.88. The number of hydrogen-bond acceptors (Lipinski definition) is 3.